The predicted molar refractivity (Wildman–Crippen MR) is 80.8 cm³/mol. The Labute approximate surface area is 103 Å². The Morgan fingerprint density at radius 3 is 1.86 bits per heavy atom. The summed E-state index contributed by atoms with van der Waals surface area (Å²) in [5.74, 6) is 2.06. The molecule has 0 rings (SSSR count). The molecule has 0 amide bonds. The quantitative estimate of drug-likeness (QED) is 0.318. The Morgan fingerprint density at radius 2 is 1.50 bits per heavy atom. The van der Waals surface area contributed by atoms with Crippen LogP contribution < -0.4 is 5.73 Å². The van der Waals surface area contributed by atoms with E-state index in [9.17, 15) is 0 Å². The van der Waals surface area contributed by atoms with E-state index in [0.29, 0.717) is 0 Å². The van der Waals surface area contributed by atoms with E-state index in [2.05, 4.69) is 25.3 Å². The zero-order valence-electron chi connectivity index (χ0n) is 8.71. The topological polar surface area (TPSA) is 26.0 Å². The Kier molecular flexibility index (Phi) is 14.0. The molecule has 2 unspecified atom stereocenters. The van der Waals surface area contributed by atoms with Gasteiger partial charge in [-0.25, -0.2) is 0 Å². The molecule has 2 N–H and O–H groups in total. The molecule has 2 atom stereocenters. The van der Waals surface area contributed by atoms with Crippen LogP contribution in [-0.2, 0) is 0 Å². The largest absolute Gasteiger partial charge is 0.330 e. The van der Waals surface area contributed by atoms with Gasteiger partial charge in [-0.3, -0.25) is 0 Å². The number of nitrogens with two attached hydrogens (primary N) is 1. The first-order valence-electron chi connectivity index (χ1n) is 5.23. The van der Waals surface area contributed by atoms with Gasteiger partial charge in [0.1, 0.15) is 0 Å². The first-order chi connectivity index (χ1) is 6.85. The first kappa shape index (κ1) is 15.5. The molecule has 14 heavy (non-hydrogen) atoms. The van der Waals surface area contributed by atoms with E-state index in [4.69, 9.17) is 5.73 Å². The molecule has 5 heteroatoms. The summed E-state index contributed by atoms with van der Waals surface area (Å²) in [6.07, 6.45) is 6.44. The molecule has 0 aromatic heterocycles. The Hall–Kier alpha value is 1.52. The maximum absolute atomic E-state index is 5.62. The van der Waals surface area contributed by atoms with Crippen molar-refractivity contribution >= 4 is 42.4 Å². The average molecular weight is 271 g/mol. The van der Waals surface area contributed by atoms with Crippen LogP contribution in [0.3, 0.4) is 0 Å². The lowest BCUT2D eigenvalue weighted by Crippen LogP contribution is -2.06. The van der Waals surface area contributed by atoms with Crippen molar-refractivity contribution in [1.82, 2.24) is 0 Å². The smallest absolute Gasteiger partial charge is 0.00492 e. The molecule has 0 aliphatic rings. The number of hydrogen-bond acceptors (Lipinski definition) is 3. The fraction of sp³-hybridized carbons (Fsp3) is 1.00. The van der Waals surface area contributed by atoms with Crippen LogP contribution in [0.1, 0.15) is 19.3 Å². The first-order valence-corrected chi connectivity index (χ1v) is 9.07. The van der Waals surface area contributed by atoms with Crippen molar-refractivity contribution in [2.45, 2.75) is 24.7 Å². The monoisotopic (exact) mass is 271 g/mol. The molecule has 0 spiro atoms. The SMILES string of the molecule is NCCC(PCCCS)PCCCS. The van der Waals surface area contributed by atoms with E-state index in [1.165, 1.54) is 31.6 Å². The van der Waals surface area contributed by atoms with Gasteiger partial charge in [-0.05, 0) is 55.0 Å². The van der Waals surface area contributed by atoms with Crippen LogP contribution in [0.2, 0.25) is 0 Å². The summed E-state index contributed by atoms with van der Waals surface area (Å²) in [5.41, 5.74) is 5.62. The van der Waals surface area contributed by atoms with Gasteiger partial charge in [-0.15, -0.1) is 17.2 Å². The summed E-state index contributed by atoms with van der Waals surface area (Å²) in [6, 6.07) is 0. The summed E-state index contributed by atoms with van der Waals surface area (Å²) in [7, 11) is 2.21. The van der Waals surface area contributed by atoms with Gasteiger partial charge in [-0.2, -0.15) is 25.3 Å². The molecule has 0 bridgehead atoms. The number of thiol groups is 2. The second kappa shape index (κ2) is 12.6. The van der Waals surface area contributed by atoms with E-state index in [-0.39, 0.29) is 0 Å². The highest BCUT2D eigenvalue weighted by Crippen LogP contribution is 2.37. The molecule has 86 valence electrons. The van der Waals surface area contributed by atoms with Crippen LogP contribution in [0.15, 0.2) is 0 Å². The minimum absolute atomic E-state index is 0.854. The van der Waals surface area contributed by atoms with Gasteiger partial charge in [0.2, 0.25) is 0 Å². The third kappa shape index (κ3) is 10.1. The molecule has 0 aromatic rings. The van der Waals surface area contributed by atoms with Gasteiger partial charge in [-0.1, -0.05) is 0 Å². The van der Waals surface area contributed by atoms with E-state index in [1.807, 2.05) is 0 Å². The number of hydrogen-bond donors (Lipinski definition) is 3. The van der Waals surface area contributed by atoms with Crippen molar-refractivity contribution < 1.29 is 0 Å². The van der Waals surface area contributed by atoms with Gasteiger partial charge >= 0.3 is 0 Å². The van der Waals surface area contributed by atoms with Crippen LogP contribution in [0.4, 0.5) is 0 Å². The highest BCUT2D eigenvalue weighted by molar-refractivity contribution is 7.80. The molecular weight excluding hydrogens is 248 g/mol. The maximum atomic E-state index is 5.62. The molecule has 0 heterocycles. The fourth-order valence-corrected chi connectivity index (χ4v) is 5.71. The van der Waals surface area contributed by atoms with Gasteiger partial charge < -0.3 is 5.73 Å². The maximum Gasteiger partial charge on any atom is -0.00492 e. The van der Waals surface area contributed by atoms with Crippen LogP contribution in [0.25, 0.3) is 0 Å². The predicted octanol–water partition coefficient (Wildman–Crippen LogP) is 2.66. The third-order valence-corrected chi connectivity index (χ3v) is 6.61. The summed E-state index contributed by atoms with van der Waals surface area (Å²) < 4.78 is 0. The Morgan fingerprint density at radius 1 is 1.00 bits per heavy atom. The van der Waals surface area contributed by atoms with Gasteiger partial charge in [0, 0.05) is 0 Å². The standard InChI is InChI=1S/C9H23NP2S2/c10-4-3-9(11-5-1-7-13)12-6-2-8-14/h9,11-14H,1-8,10H2. The summed E-state index contributed by atoms with van der Waals surface area (Å²) >= 11 is 8.47. The van der Waals surface area contributed by atoms with Crippen molar-refractivity contribution in [1.29, 1.82) is 0 Å². The molecule has 0 radical (unpaired) electrons. The van der Waals surface area contributed by atoms with Gasteiger partial charge in [0.25, 0.3) is 0 Å². The fourth-order valence-electron chi connectivity index (χ4n) is 1.15. The lowest BCUT2D eigenvalue weighted by Gasteiger charge is -2.15. The van der Waals surface area contributed by atoms with Gasteiger partial charge in [0.05, 0.1) is 0 Å². The highest BCUT2D eigenvalue weighted by Gasteiger charge is 2.06. The zero-order valence-corrected chi connectivity index (χ0v) is 12.5. The van der Waals surface area contributed by atoms with Crippen molar-refractivity contribution in [3.63, 3.8) is 0 Å². The summed E-state index contributed by atoms with van der Waals surface area (Å²) in [5, 5.41) is 0.903. The third-order valence-electron chi connectivity index (χ3n) is 1.91. The molecule has 0 saturated heterocycles. The van der Waals surface area contributed by atoms with Crippen molar-refractivity contribution in [2.75, 3.05) is 30.4 Å². The lowest BCUT2D eigenvalue weighted by molar-refractivity contribution is 0.903. The van der Waals surface area contributed by atoms with Gasteiger partial charge in [0.15, 0.2) is 0 Å². The number of rotatable bonds is 10. The molecule has 0 fully saturated rings. The van der Waals surface area contributed by atoms with Crippen molar-refractivity contribution in [3.05, 3.63) is 0 Å². The normalized spacial score (nSPS) is 14.8. The molecule has 1 nitrogen and oxygen atoms in total. The second-order valence-electron chi connectivity index (χ2n) is 3.19. The minimum atomic E-state index is 0.854. The highest BCUT2D eigenvalue weighted by atomic mass is 32.1. The molecule has 0 aliphatic heterocycles. The summed E-state index contributed by atoms with van der Waals surface area (Å²) in [4.78, 5) is 0. The van der Waals surface area contributed by atoms with Crippen molar-refractivity contribution in [2.24, 2.45) is 5.73 Å². The molecule has 0 aliphatic carbocycles. The van der Waals surface area contributed by atoms with E-state index in [0.717, 1.165) is 40.6 Å². The molecule has 0 saturated carbocycles. The lowest BCUT2D eigenvalue weighted by atomic mass is 10.5. The van der Waals surface area contributed by atoms with Crippen LogP contribution in [-0.4, -0.2) is 35.8 Å². The summed E-state index contributed by atoms with van der Waals surface area (Å²) in [6.45, 7) is 0.854. The average Bonchev–Trinajstić information content (AvgIpc) is 2.18. The minimum Gasteiger partial charge on any atom is -0.330 e. The zero-order chi connectivity index (χ0) is 10.6. The second-order valence-corrected chi connectivity index (χ2v) is 7.87. The van der Waals surface area contributed by atoms with Crippen molar-refractivity contribution in [3.8, 4) is 0 Å². The van der Waals surface area contributed by atoms with Crippen LogP contribution in [0.5, 0.6) is 0 Å². The Bertz CT molecular complexity index is 107. The van der Waals surface area contributed by atoms with E-state index in [1.54, 1.807) is 0 Å². The van der Waals surface area contributed by atoms with E-state index < -0.39 is 0 Å². The molecular formula is C9H23NP2S2. The van der Waals surface area contributed by atoms with E-state index >= 15 is 0 Å². The van der Waals surface area contributed by atoms with Crippen LogP contribution >= 0.6 is 42.4 Å². The van der Waals surface area contributed by atoms with Crippen LogP contribution in [0, 0.1) is 0 Å². The molecule has 0 aromatic carbocycles. The Balaban J connectivity index is 3.44.